The molecule has 142 valence electrons. The molecule has 0 radical (unpaired) electrons. The number of fused-ring (bicyclic) bond motifs is 1. The molecule has 0 atom stereocenters. The van der Waals surface area contributed by atoms with Crippen LogP contribution in [0.5, 0.6) is 0 Å². The maximum atomic E-state index is 12.8. The van der Waals surface area contributed by atoms with E-state index >= 15 is 0 Å². The zero-order valence-corrected chi connectivity index (χ0v) is 16.6. The molecule has 7 nitrogen and oxygen atoms in total. The van der Waals surface area contributed by atoms with E-state index in [-0.39, 0.29) is 18.6 Å². The van der Waals surface area contributed by atoms with E-state index in [1.807, 2.05) is 19.9 Å². The first-order valence-electron chi connectivity index (χ1n) is 8.62. The van der Waals surface area contributed by atoms with Gasteiger partial charge in [0.05, 0.1) is 16.8 Å². The van der Waals surface area contributed by atoms with Gasteiger partial charge in [-0.2, -0.15) is 0 Å². The van der Waals surface area contributed by atoms with Gasteiger partial charge in [-0.25, -0.2) is 17.8 Å². The van der Waals surface area contributed by atoms with Crippen LogP contribution < -0.4 is 10.3 Å². The third-order valence-corrected chi connectivity index (χ3v) is 6.54. The highest BCUT2D eigenvalue weighted by Gasteiger charge is 2.21. The summed E-state index contributed by atoms with van der Waals surface area (Å²) in [5.41, 5.74) is 3.53. The van der Waals surface area contributed by atoms with Crippen LogP contribution in [-0.4, -0.2) is 30.0 Å². The Labute approximate surface area is 158 Å². The number of rotatable bonds is 5. The molecule has 1 aromatic heterocycles. The maximum Gasteiger partial charge on any atom is 0.277 e. The van der Waals surface area contributed by atoms with Crippen LogP contribution in [0.1, 0.15) is 22.3 Å². The van der Waals surface area contributed by atoms with Gasteiger partial charge in [-0.05, 0) is 62.1 Å². The molecule has 1 heterocycles. The highest BCUT2D eigenvalue weighted by Crippen LogP contribution is 2.25. The highest BCUT2D eigenvalue weighted by atomic mass is 32.2. The molecule has 2 aromatic carbocycles. The molecule has 0 spiro atoms. The molecule has 3 aromatic rings. The summed E-state index contributed by atoms with van der Waals surface area (Å²) < 4.78 is 29.4. The third kappa shape index (κ3) is 3.63. The summed E-state index contributed by atoms with van der Waals surface area (Å²) in [4.78, 5) is 12.7. The molecule has 0 saturated carbocycles. The summed E-state index contributed by atoms with van der Waals surface area (Å²) >= 11 is 0. The Balaban J connectivity index is 1.84. The second kappa shape index (κ2) is 7.21. The molecule has 8 heteroatoms. The van der Waals surface area contributed by atoms with Crippen molar-refractivity contribution in [3.05, 3.63) is 62.9 Å². The molecule has 0 aliphatic carbocycles. The molecule has 0 aliphatic heterocycles. The number of benzene rings is 2. The van der Waals surface area contributed by atoms with E-state index < -0.39 is 10.0 Å². The minimum absolute atomic E-state index is 0.0428. The molecular weight excluding hydrogens is 364 g/mol. The van der Waals surface area contributed by atoms with Crippen molar-refractivity contribution >= 4 is 20.9 Å². The van der Waals surface area contributed by atoms with Crippen molar-refractivity contribution in [3.63, 3.8) is 0 Å². The van der Waals surface area contributed by atoms with Gasteiger partial charge in [-0.3, -0.25) is 4.79 Å². The molecule has 27 heavy (non-hydrogen) atoms. The van der Waals surface area contributed by atoms with Crippen LogP contribution in [-0.2, 0) is 16.6 Å². The topological polar surface area (TPSA) is 93.9 Å². The lowest BCUT2D eigenvalue weighted by Gasteiger charge is -2.16. The van der Waals surface area contributed by atoms with E-state index in [1.54, 1.807) is 38.1 Å². The van der Waals surface area contributed by atoms with Gasteiger partial charge in [-0.1, -0.05) is 23.4 Å². The number of aromatic nitrogens is 3. The number of nitrogens with zero attached hydrogens (tertiary/aromatic N) is 3. The summed E-state index contributed by atoms with van der Waals surface area (Å²) in [5, 5.41) is 8.34. The van der Waals surface area contributed by atoms with E-state index in [0.717, 1.165) is 22.3 Å². The molecular formula is C19H22N4O3S. The molecule has 0 bridgehead atoms. The monoisotopic (exact) mass is 386 g/mol. The largest absolute Gasteiger partial charge is 0.277 e. The summed E-state index contributed by atoms with van der Waals surface area (Å²) in [6, 6.07) is 8.90. The normalized spacial score (nSPS) is 11.9. The lowest BCUT2D eigenvalue weighted by molar-refractivity contribution is 0.531. The van der Waals surface area contributed by atoms with Gasteiger partial charge in [0.15, 0.2) is 0 Å². The third-order valence-electron chi connectivity index (χ3n) is 4.81. The highest BCUT2D eigenvalue weighted by molar-refractivity contribution is 7.89. The molecule has 0 amide bonds. The van der Waals surface area contributed by atoms with Crippen LogP contribution in [0.25, 0.3) is 10.9 Å². The summed E-state index contributed by atoms with van der Waals surface area (Å²) in [6.45, 7) is 7.53. The molecule has 3 rings (SSSR count). The van der Waals surface area contributed by atoms with Gasteiger partial charge < -0.3 is 0 Å². The second-order valence-corrected chi connectivity index (χ2v) is 8.33. The minimum atomic E-state index is -3.71. The van der Waals surface area contributed by atoms with Crippen LogP contribution in [0, 0.1) is 27.7 Å². The molecule has 0 fully saturated rings. The van der Waals surface area contributed by atoms with Crippen molar-refractivity contribution in [1.82, 2.24) is 19.7 Å². The fourth-order valence-electron chi connectivity index (χ4n) is 3.11. The number of aryl methyl sites for hydroxylation is 2. The zero-order valence-electron chi connectivity index (χ0n) is 15.8. The summed E-state index contributed by atoms with van der Waals surface area (Å²) in [6.07, 6.45) is 0. The maximum absolute atomic E-state index is 12.8. The number of sulfonamides is 1. The average Bonchev–Trinajstić information content (AvgIpc) is 2.62. The van der Waals surface area contributed by atoms with Gasteiger partial charge in [0.1, 0.15) is 5.52 Å². The molecule has 0 aliphatic rings. The Hall–Kier alpha value is -2.58. The minimum Gasteiger partial charge on any atom is -0.267 e. The van der Waals surface area contributed by atoms with Gasteiger partial charge in [0, 0.05) is 6.54 Å². The second-order valence-electron chi connectivity index (χ2n) is 6.62. The van der Waals surface area contributed by atoms with Crippen molar-refractivity contribution in [2.45, 2.75) is 39.1 Å². The average molecular weight is 386 g/mol. The SMILES string of the molecule is Cc1cc(C)c(C)c(S(=O)(=O)NCCn2nnc3ccccc3c2=O)c1C. The van der Waals surface area contributed by atoms with Crippen molar-refractivity contribution in [3.8, 4) is 0 Å². The van der Waals surface area contributed by atoms with Gasteiger partial charge in [0.2, 0.25) is 10.0 Å². The van der Waals surface area contributed by atoms with E-state index in [1.165, 1.54) is 4.68 Å². The quantitative estimate of drug-likeness (QED) is 0.724. The smallest absolute Gasteiger partial charge is 0.267 e. The van der Waals surface area contributed by atoms with E-state index in [2.05, 4.69) is 15.0 Å². The molecule has 0 saturated heterocycles. The molecule has 0 unspecified atom stereocenters. The Bertz CT molecular complexity index is 1160. The van der Waals surface area contributed by atoms with E-state index in [9.17, 15) is 13.2 Å². The van der Waals surface area contributed by atoms with Crippen LogP contribution in [0.3, 0.4) is 0 Å². The number of hydrogen-bond acceptors (Lipinski definition) is 5. The first kappa shape index (κ1) is 19.2. The lowest BCUT2D eigenvalue weighted by Crippen LogP contribution is -2.33. The van der Waals surface area contributed by atoms with Crippen molar-refractivity contribution < 1.29 is 8.42 Å². The number of hydrogen-bond donors (Lipinski definition) is 1. The number of nitrogens with one attached hydrogen (secondary N) is 1. The van der Waals surface area contributed by atoms with Crippen LogP contribution in [0.15, 0.2) is 40.0 Å². The summed E-state index contributed by atoms with van der Waals surface area (Å²) in [5.74, 6) is 0. The first-order valence-corrected chi connectivity index (χ1v) is 10.1. The van der Waals surface area contributed by atoms with Crippen LogP contribution in [0.4, 0.5) is 0 Å². The first-order chi connectivity index (χ1) is 12.7. The summed E-state index contributed by atoms with van der Waals surface area (Å²) in [7, 11) is -3.71. The zero-order chi connectivity index (χ0) is 19.8. The Morgan fingerprint density at radius 3 is 2.33 bits per heavy atom. The van der Waals surface area contributed by atoms with Crippen LogP contribution in [0.2, 0.25) is 0 Å². The van der Waals surface area contributed by atoms with Crippen molar-refractivity contribution in [2.24, 2.45) is 0 Å². The Kier molecular flexibility index (Phi) is 5.12. The fourth-order valence-corrected chi connectivity index (χ4v) is 4.74. The van der Waals surface area contributed by atoms with Crippen LogP contribution >= 0.6 is 0 Å². The van der Waals surface area contributed by atoms with E-state index in [0.29, 0.717) is 15.8 Å². The predicted molar refractivity (Wildman–Crippen MR) is 104 cm³/mol. The van der Waals surface area contributed by atoms with Crippen molar-refractivity contribution in [2.75, 3.05) is 6.54 Å². The van der Waals surface area contributed by atoms with Gasteiger partial charge in [-0.15, -0.1) is 5.10 Å². The lowest BCUT2D eigenvalue weighted by atomic mass is 10.0. The Morgan fingerprint density at radius 2 is 1.67 bits per heavy atom. The van der Waals surface area contributed by atoms with Crippen molar-refractivity contribution in [1.29, 1.82) is 0 Å². The van der Waals surface area contributed by atoms with Gasteiger partial charge >= 0.3 is 0 Å². The van der Waals surface area contributed by atoms with E-state index in [4.69, 9.17) is 0 Å². The fraction of sp³-hybridized carbons (Fsp3) is 0.316. The van der Waals surface area contributed by atoms with Gasteiger partial charge in [0.25, 0.3) is 5.56 Å². The molecule has 1 N–H and O–H groups in total. The Morgan fingerprint density at radius 1 is 1.04 bits per heavy atom. The standard InChI is InChI=1S/C19H22N4O3S/c1-12-11-13(2)15(4)18(14(12)3)27(25,26)20-9-10-23-19(24)16-7-5-6-8-17(16)21-22-23/h5-8,11,20H,9-10H2,1-4H3. The predicted octanol–water partition coefficient (Wildman–Crippen LogP) is 2.00.